The molecule has 1 saturated heterocycles. The molecule has 2 aromatic carbocycles. The van der Waals surface area contributed by atoms with Crippen molar-refractivity contribution >= 4 is 21.4 Å². The number of hydrogen-bond acceptors (Lipinski definition) is 4. The van der Waals surface area contributed by atoms with Crippen LogP contribution in [-0.4, -0.2) is 38.9 Å². The van der Waals surface area contributed by atoms with E-state index in [9.17, 15) is 8.42 Å². The van der Waals surface area contributed by atoms with E-state index >= 15 is 0 Å². The van der Waals surface area contributed by atoms with Gasteiger partial charge in [0.15, 0.2) is 0 Å². The fraction of sp³-hybridized carbons (Fsp3) is 0.333. The van der Waals surface area contributed by atoms with Gasteiger partial charge in [-0.3, -0.25) is 0 Å². The molecule has 1 fully saturated rings. The molecule has 2 N–H and O–H groups in total. The van der Waals surface area contributed by atoms with E-state index in [2.05, 4.69) is 30.0 Å². The highest BCUT2D eigenvalue weighted by atomic mass is 32.2. The molecule has 3 rings (SSSR count). The largest absolute Gasteiger partial charge is 0.399 e. The molecule has 1 aliphatic rings. The van der Waals surface area contributed by atoms with Crippen molar-refractivity contribution < 1.29 is 8.42 Å². The third-order valence-electron chi connectivity index (χ3n) is 4.48. The number of benzene rings is 2. The number of nitrogens with two attached hydrogens (primary N) is 1. The van der Waals surface area contributed by atoms with Gasteiger partial charge in [-0.05, 0) is 55.3 Å². The average molecular weight is 345 g/mol. The predicted octanol–water partition coefficient (Wildman–Crippen LogP) is 2.40. The van der Waals surface area contributed by atoms with E-state index in [1.165, 1.54) is 5.56 Å². The van der Waals surface area contributed by atoms with E-state index in [4.69, 9.17) is 5.73 Å². The van der Waals surface area contributed by atoms with Crippen LogP contribution in [-0.2, 0) is 10.0 Å². The zero-order chi connectivity index (χ0) is 17.3. The molecule has 24 heavy (non-hydrogen) atoms. The first-order valence-corrected chi connectivity index (χ1v) is 9.50. The van der Waals surface area contributed by atoms with Gasteiger partial charge in [-0.15, -0.1) is 0 Å². The van der Waals surface area contributed by atoms with Gasteiger partial charge in [0.25, 0.3) is 0 Å². The van der Waals surface area contributed by atoms with Crippen LogP contribution in [0.2, 0.25) is 0 Å². The summed E-state index contributed by atoms with van der Waals surface area (Å²) in [6.45, 7) is 6.24. The molecular formula is C18H23N3O2S. The van der Waals surface area contributed by atoms with Gasteiger partial charge in [0.05, 0.1) is 4.90 Å². The monoisotopic (exact) mass is 345 g/mol. The van der Waals surface area contributed by atoms with Crippen LogP contribution in [0.25, 0.3) is 0 Å². The fourth-order valence-electron chi connectivity index (χ4n) is 2.97. The Kier molecular flexibility index (Phi) is 4.51. The lowest BCUT2D eigenvalue weighted by atomic mass is 10.2. The summed E-state index contributed by atoms with van der Waals surface area (Å²) in [4.78, 5) is 2.55. The highest BCUT2D eigenvalue weighted by molar-refractivity contribution is 7.89. The maximum atomic E-state index is 12.8. The number of sulfonamides is 1. The van der Waals surface area contributed by atoms with Gasteiger partial charge < -0.3 is 10.6 Å². The highest BCUT2D eigenvalue weighted by Crippen LogP contribution is 2.23. The van der Waals surface area contributed by atoms with Crippen LogP contribution < -0.4 is 10.6 Å². The predicted molar refractivity (Wildman–Crippen MR) is 97.7 cm³/mol. The van der Waals surface area contributed by atoms with Crippen molar-refractivity contribution in [2.75, 3.05) is 36.8 Å². The van der Waals surface area contributed by atoms with E-state index in [0.29, 0.717) is 36.8 Å². The van der Waals surface area contributed by atoms with Crippen molar-refractivity contribution in [1.29, 1.82) is 0 Å². The van der Waals surface area contributed by atoms with E-state index in [0.717, 1.165) is 11.3 Å². The van der Waals surface area contributed by atoms with E-state index < -0.39 is 10.0 Å². The first-order chi connectivity index (χ1) is 11.4. The summed E-state index contributed by atoms with van der Waals surface area (Å²) in [6, 6.07) is 13.2. The van der Waals surface area contributed by atoms with Gasteiger partial charge in [0.2, 0.25) is 10.0 Å². The molecule has 1 heterocycles. The smallest absolute Gasteiger partial charge is 0.243 e. The minimum Gasteiger partial charge on any atom is -0.399 e. The van der Waals surface area contributed by atoms with E-state index in [1.54, 1.807) is 22.5 Å². The minimum atomic E-state index is -3.46. The summed E-state index contributed by atoms with van der Waals surface area (Å²) in [5, 5.41) is 0. The van der Waals surface area contributed by atoms with Crippen LogP contribution in [0.15, 0.2) is 47.4 Å². The number of piperazine rings is 1. The summed E-state index contributed by atoms with van der Waals surface area (Å²) in [5.74, 6) is 0. The van der Waals surface area contributed by atoms with Crippen LogP contribution in [0.4, 0.5) is 11.4 Å². The Balaban J connectivity index is 1.74. The Morgan fingerprint density at radius 2 is 1.67 bits per heavy atom. The lowest BCUT2D eigenvalue weighted by molar-refractivity contribution is 0.385. The molecule has 0 radical (unpaired) electrons. The molecular weight excluding hydrogens is 322 g/mol. The second-order valence-electron chi connectivity index (χ2n) is 6.25. The fourth-order valence-corrected chi connectivity index (χ4v) is 4.48. The summed E-state index contributed by atoms with van der Waals surface area (Å²) >= 11 is 0. The highest BCUT2D eigenvalue weighted by Gasteiger charge is 2.28. The van der Waals surface area contributed by atoms with Gasteiger partial charge in [0.1, 0.15) is 0 Å². The molecule has 128 valence electrons. The minimum absolute atomic E-state index is 0.318. The van der Waals surface area contributed by atoms with Gasteiger partial charge in [0, 0.05) is 37.6 Å². The molecule has 0 amide bonds. The van der Waals surface area contributed by atoms with Crippen molar-refractivity contribution in [2.45, 2.75) is 18.7 Å². The Morgan fingerprint density at radius 3 is 2.29 bits per heavy atom. The molecule has 2 aromatic rings. The first-order valence-electron chi connectivity index (χ1n) is 8.06. The molecule has 0 unspecified atom stereocenters. The van der Waals surface area contributed by atoms with Gasteiger partial charge >= 0.3 is 0 Å². The number of aryl methyl sites for hydroxylation is 2. The molecule has 0 bridgehead atoms. The first kappa shape index (κ1) is 16.8. The molecule has 6 heteroatoms. The Morgan fingerprint density at radius 1 is 0.958 bits per heavy atom. The maximum absolute atomic E-state index is 12.8. The van der Waals surface area contributed by atoms with E-state index in [-0.39, 0.29) is 0 Å². The lowest BCUT2D eigenvalue weighted by Crippen LogP contribution is -2.48. The standard InChI is InChI=1S/C18H23N3O2S/c1-14-4-3-5-16(12-14)20-8-10-21(11-9-20)24(22,23)17-6-7-18(19)15(2)13-17/h3-7,12-13H,8-11,19H2,1-2H3. The van der Waals surface area contributed by atoms with E-state index in [1.807, 2.05) is 13.0 Å². The third kappa shape index (κ3) is 3.25. The van der Waals surface area contributed by atoms with Crippen molar-refractivity contribution in [2.24, 2.45) is 0 Å². The second kappa shape index (κ2) is 6.45. The number of nitrogens with zero attached hydrogens (tertiary/aromatic N) is 2. The van der Waals surface area contributed by atoms with Gasteiger partial charge in [-0.25, -0.2) is 8.42 Å². The van der Waals surface area contributed by atoms with Gasteiger partial charge in [-0.2, -0.15) is 4.31 Å². The lowest BCUT2D eigenvalue weighted by Gasteiger charge is -2.35. The molecule has 0 spiro atoms. The Hall–Kier alpha value is -2.05. The zero-order valence-corrected chi connectivity index (χ0v) is 14.9. The Bertz CT molecular complexity index is 841. The zero-order valence-electron chi connectivity index (χ0n) is 14.1. The second-order valence-corrected chi connectivity index (χ2v) is 8.19. The topological polar surface area (TPSA) is 66.6 Å². The van der Waals surface area contributed by atoms with Crippen molar-refractivity contribution in [3.63, 3.8) is 0 Å². The Labute approximate surface area is 143 Å². The number of rotatable bonds is 3. The molecule has 0 aromatic heterocycles. The van der Waals surface area contributed by atoms with Crippen LogP contribution in [0.5, 0.6) is 0 Å². The number of hydrogen-bond donors (Lipinski definition) is 1. The van der Waals surface area contributed by atoms with Crippen LogP contribution in [0.1, 0.15) is 11.1 Å². The number of anilines is 2. The van der Waals surface area contributed by atoms with Crippen LogP contribution in [0.3, 0.4) is 0 Å². The summed E-state index contributed by atoms with van der Waals surface area (Å²) in [6.07, 6.45) is 0. The molecule has 1 aliphatic heterocycles. The third-order valence-corrected chi connectivity index (χ3v) is 6.38. The molecule has 5 nitrogen and oxygen atoms in total. The maximum Gasteiger partial charge on any atom is 0.243 e. The average Bonchev–Trinajstić information content (AvgIpc) is 2.57. The van der Waals surface area contributed by atoms with Crippen molar-refractivity contribution in [3.05, 3.63) is 53.6 Å². The van der Waals surface area contributed by atoms with Gasteiger partial charge in [-0.1, -0.05) is 12.1 Å². The molecule has 0 saturated carbocycles. The summed E-state index contributed by atoms with van der Waals surface area (Å²) in [7, 11) is -3.46. The van der Waals surface area contributed by atoms with Crippen LogP contribution >= 0.6 is 0 Å². The molecule has 0 atom stereocenters. The summed E-state index contributed by atoms with van der Waals surface area (Å²) in [5.41, 5.74) is 9.54. The summed E-state index contributed by atoms with van der Waals surface area (Å²) < 4.78 is 27.2. The quantitative estimate of drug-likeness (QED) is 0.868. The van der Waals surface area contributed by atoms with Crippen molar-refractivity contribution in [3.8, 4) is 0 Å². The molecule has 0 aliphatic carbocycles. The van der Waals surface area contributed by atoms with Crippen LogP contribution in [0, 0.1) is 13.8 Å². The normalized spacial score (nSPS) is 16.3. The SMILES string of the molecule is Cc1cccc(N2CCN(S(=O)(=O)c3ccc(N)c(C)c3)CC2)c1. The van der Waals surface area contributed by atoms with Crippen molar-refractivity contribution in [1.82, 2.24) is 4.31 Å². The number of nitrogen functional groups attached to an aromatic ring is 1.